The highest BCUT2D eigenvalue weighted by Crippen LogP contribution is 2.35. The van der Waals surface area contributed by atoms with Crippen molar-refractivity contribution >= 4 is 11.1 Å². The van der Waals surface area contributed by atoms with E-state index >= 15 is 0 Å². The van der Waals surface area contributed by atoms with Gasteiger partial charge in [0.05, 0.1) is 11.2 Å². The molecule has 0 aromatic heterocycles. The van der Waals surface area contributed by atoms with Crippen molar-refractivity contribution in [3.63, 3.8) is 0 Å². The fourth-order valence-electron chi connectivity index (χ4n) is 3.36. The Morgan fingerprint density at radius 3 is 1.21 bits per heavy atom. The summed E-state index contributed by atoms with van der Waals surface area (Å²) >= 11 is 0. The van der Waals surface area contributed by atoms with Crippen molar-refractivity contribution in [2.45, 2.75) is 91.6 Å². The van der Waals surface area contributed by atoms with Gasteiger partial charge in [-0.25, -0.2) is 29.3 Å². The lowest BCUT2D eigenvalue weighted by molar-refractivity contribution is -0.464. The van der Waals surface area contributed by atoms with Gasteiger partial charge in [-0.05, 0) is 104 Å². The molecule has 0 saturated heterocycles. The van der Waals surface area contributed by atoms with Crippen LogP contribution in [0.4, 0.5) is 0 Å². The van der Waals surface area contributed by atoms with Crippen molar-refractivity contribution in [2.24, 2.45) is 0 Å². The monoisotopic (exact) mass is 526 g/mol. The van der Waals surface area contributed by atoms with Gasteiger partial charge in [0.15, 0.2) is 11.2 Å². The Kier molecular flexibility index (Phi) is 10.7. The summed E-state index contributed by atoms with van der Waals surface area (Å²) in [5, 5.41) is 0. The molecular weight excluding hydrogens is 480 g/mol. The maximum Gasteiger partial charge on any atom is 0.152 e. The first kappa shape index (κ1) is 31.9. The van der Waals surface area contributed by atoms with Crippen LogP contribution in [0.25, 0.3) is 11.1 Å². The molecule has 0 spiro atoms. The topological polar surface area (TPSA) is 55.4 Å². The fourth-order valence-corrected chi connectivity index (χ4v) is 3.36. The molecule has 0 aliphatic carbocycles. The highest BCUT2D eigenvalue weighted by Gasteiger charge is 2.38. The summed E-state index contributed by atoms with van der Waals surface area (Å²) < 4.78 is 0. The molecule has 0 saturated carbocycles. The zero-order chi connectivity index (χ0) is 28.8. The Hall–Kier alpha value is -2.32. The van der Waals surface area contributed by atoms with Gasteiger partial charge in [0.2, 0.25) is 0 Å². The van der Waals surface area contributed by atoms with Gasteiger partial charge in [0.25, 0.3) is 0 Å². The molecule has 0 fully saturated rings. The van der Waals surface area contributed by atoms with Gasteiger partial charge in [0.1, 0.15) is 13.2 Å². The lowest BCUT2D eigenvalue weighted by Crippen LogP contribution is -2.40. The van der Waals surface area contributed by atoms with Crippen LogP contribution in [0.1, 0.15) is 91.5 Å². The molecule has 2 aromatic rings. The maximum absolute atomic E-state index is 6.28. The highest BCUT2D eigenvalue weighted by molar-refractivity contribution is 5.62. The second kappa shape index (κ2) is 12.7. The summed E-state index contributed by atoms with van der Waals surface area (Å²) in [5.41, 5.74) is 2.52. The smallest absolute Gasteiger partial charge is 0.152 e. The zero-order valence-electron chi connectivity index (χ0n) is 24.9. The SMILES string of the molecule is C=C(C)c1cccc(C(C)(COOC(C)(C)C)OOC(C)(COOC(C)(C)C)c2cccc(C(=C)C)c2)c1. The maximum atomic E-state index is 6.28. The van der Waals surface area contributed by atoms with Gasteiger partial charge in [-0.3, -0.25) is 0 Å². The average Bonchev–Trinajstić information content (AvgIpc) is 2.81. The van der Waals surface area contributed by atoms with Crippen LogP contribution in [-0.4, -0.2) is 24.4 Å². The van der Waals surface area contributed by atoms with Crippen LogP contribution in [0.5, 0.6) is 0 Å². The molecule has 0 aliphatic heterocycles. The third-order valence-electron chi connectivity index (χ3n) is 5.63. The third kappa shape index (κ3) is 9.77. The van der Waals surface area contributed by atoms with Gasteiger partial charge < -0.3 is 0 Å². The van der Waals surface area contributed by atoms with Crippen LogP contribution in [-0.2, 0) is 40.5 Å². The molecule has 2 atom stereocenters. The van der Waals surface area contributed by atoms with E-state index < -0.39 is 22.4 Å². The van der Waals surface area contributed by atoms with Gasteiger partial charge in [-0.1, -0.05) is 60.7 Å². The molecule has 2 rings (SSSR count). The van der Waals surface area contributed by atoms with Crippen molar-refractivity contribution in [2.75, 3.05) is 13.2 Å². The second-order valence-electron chi connectivity index (χ2n) is 12.3. The van der Waals surface area contributed by atoms with Crippen LogP contribution < -0.4 is 0 Å². The van der Waals surface area contributed by atoms with E-state index in [-0.39, 0.29) is 13.2 Å². The van der Waals surface area contributed by atoms with Crippen LogP contribution in [0.15, 0.2) is 61.7 Å². The number of rotatable bonds is 13. The van der Waals surface area contributed by atoms with Crippen molar-refractivity contribution in [3.8, 4) is 0 Å². The fraction of sp³-hybridized carbons (Fsp3) is 0.500. The molecule has 0 bridgehead atoms. The average molecular weight is 527 g/mol. The largest absolute Gasteiger partial charge is 0.233 e. The standard InChI is InChI=1S/C32H46O6/c1-23(2)25-15-13-17-27(19-25)31(11,21-33-35-29(5,6)7)37-38-32(12,22-34-36-30(8,9)10)28-18-14-16-26(20-28)24(3)4/h13-20H,1,3,21-22H2,2,4-12H3. The minimum atomic E-state index is -1.03. The summed E-state index contributed by atoms with van der Waals surface area (Å²) in [7, 11) is 0. The van der Waals surface area contributed by atoms with Crippen LogP contribution in [0, 0.1) is 0 Å². The molecule has 0 radical (unpaired) electrons. The van der Waals surface area contributed by atoms with E-state index in [0.717, 1.165) is 33.4 Å². The first-order valence-corrected chi connectivity index (χ1v) is 13.0. The normalized spacial score (nSPS) is 15.5. The first-order chi connectivity index (χ1) is 17.4. The Bertz CT molecular complexity index is 1010. The predicted octanol–water partition coefficient (Wildman–Crippen LogP) is 8.33. The van der Waals surface area contributed by atoms with Crippen molar-refractivity contribution in [3.05, 3.63) is 83.9 Å². The first-order valence-electron chi connectivity index (χ1n) is 13.0. The molecule has 2 unspecified atom stereocenters. The van der Waals surface area contributed by atoms with Crippen LogP contribution in [0.3, 0.4) is 0 Å². The summed E-state index contributed by atoms with van der Waals surface area (Å²) in [4.78, 5) is 35.0. The number of allylic oxidation sites excluding steroid dienone is 2. The third-order valence-corrected chi connectivity index (χ3v) is 5.63. The molecule has 0 aliphatic rings. The number of hydrogen-bond acceptors (Lipinski definition) is 6. The zero-order valence-corrected chi connectivity index (χ0v) is 24.9. The Morgan fingerprint density at radius 2 is 0.921 bits per heavy atom. The summed E-state index contributed by atoms with van der Waals surface area (Å²) in [6.45, 7) is 27.5. The van der Waals surface area contributed by atoms with Crippen molar-refractivity contribution in [1.29, 1.82) is 0 Å². The van der Waals surface area contributed by atoms with E-state index in [1.165, 1.54) is 0 Å². The van der Waals surface area contributed by atoms with Crippen LogP contribution >= 0.6 is 0 Å². The van der Waals surface area contributed by atoms with E-state index in [2.05, 4.69) is 13.2 Å². The van der Waals surface area contributed by atoms with Gasteiger partial charge >= 0.3 is 0 Å². The second-order valence-corrected chi connectivity index (χ2v) is 12.3. The Morgan fingerprint density at radius 1 is 0.579 bits per heavy atom. The van der Waals surface area contributed by atoms with E-state index in [4.69, 9.17) is 29.3 Å². The molecule has 6 nitrogen and oxygen atoms in total. The van der Waals surface area contributed by atoms with E-state index in [1.807, 2.05) is 118 Å². The molecule has 210 valence electrons. The molecule has 0 amide bonds. The highest BCUT2D eigenvalue weighted by atomic mass is 17.2. The minimum absolute atomic E-state index is 0.0746. The number of benzene rings is 2. The summed E-state index contributed by atoms with van der Waals surface area (Å²) in [6.07, 6.45) is 0. The van der Waals surface area contributed by atoms with Crippen molar-refractivity contribution < 1.29 is 29.3 Å². The van der Waals surface area contributed by atoms with Gasteiger partial charge in [-0.15, -0.1) is 0 Å². The predicted molar refractivity (Wildman–Crippen MR) is 153 cm³/mol. The van der Waals surface area contributed by atoms with E-state index in [9.17, 15) is 0 Å². The molecular formula is C32H46O6. The minimum Gasteiger partial charge on any atom is -0.233 e. The molecule has 38 heavy (non-hydrogen) atoms. The molecule has 6 heteroatoms. The van der Waals surface area contributed by atoms with Gasteiger partial charge in [0, 0.05) is 0 Å². The lowest BCUT2D eigenvalue weighted by Gasteiger charge is -2.36. The number of hydrogen-bond donors (Lipinski definition) is 0. The Balaban J connectivity index is 2.44. The molecule has 0 N–H and O–H groups in total. The Labute approximate surface area is 229 Å². The van der Waals surface area contributed by atoms with Gasteiger partial charge in [-0.2, -0.15) is 0 Å². The summed E-state index contributed by atoms with van der Waals surface area (Å²) in [5.74, 6) is 0. The van der Waals surface area contributed by atoms with Crippen LogP contribution in [0.2, 0.25) is 0 Å². The summed E-state index contributed by atoms with van der Waals surface area (Å²) in [6, 6.07) is 15.9. The molecule has 0 heterocycles. The quantitative estimate of drug-likeness (QED) is 0.193. The van der Waals surface area contributed by atoms with Crippen molar-refractivity contribution in [1.82, 2.24) is 0 Å². The van der Waals surface area contributed by atoms with E-state index in [1.54, 1.807) is 0 Å². The lowest BCUT2D eigenvalue weighted by atomic mass is 9.93. The molecule has 2 aromatic carbocycles. The van der Waals surface area contributed by atoms with E-state index in [0.29, 0.717) is 0 Å².